The SMILES string of the molecule is Cl.NCCCOC1CCN(C(=O)CC(c2ccccc2)c2ccccc2)CC1. The summed E-state index contributed by atoms with van der Waals surface area (Å²) in [5, 5.41) is 0. The predicted octanol–water partition coefficient (Wildman–Crippen LogP) is 3.99. The molecule has 0 atom stereocenters. The fourth-order valence-corrected chi connectivity index (χ4v) is 3.71. The van der Waals surface area contributed by atoms with Crippen LogP contribution in [0.5, 0.6) is 0 Å². The third kappa shape index (κ3) is 6.33. The van der Waals surface area contributed by atoms with Crippen LogP contribution in [0.3, 0.4) is 0 Å². The number of halogens is 1. The first-order valence-corrected chi connectivity index (χ1v) is 9.97. The Morgan fingerprint density at radius 2 is 1.54 bits per heavy atom. The van der Waals surface area contributed by atoms with Gasteiger partial charge in [0.25, 0.3) is 0 Å². The number of carbonyl (C=O) groups is 1. The molecule has 1 saturated heterocycles. The number of benzene rings is 2. The zero-order valence-corrected chi connectivity index (χ0v) is 17.2. The number of hydrogen-bond donors (Lipinski definition) is 1. The minimum atomic E-state index is 0. The average molecular weight is 403 g/mol. The number of rotatable bonds is 8. The fourth-order valence-electron chi connectivity index (χ4n) is 3.71. The Balaban J connectivity index is 0.00000280. The van der Waals surface area contributed by atoms with E-state index < -0.39 is 0 Å². The summed E-state index contributed by atoms with van der Waals surface area (Å²) in [7, 11) is 0. The van der Waals surface area contributed by atoms with Crippen LogP contribution in [0.2, 0.25) is 0 Å². The number of piperidine rings is 1. The smallest absolute Gasteiger partial charge is 0.223 e. The first kappa shape index (κ1) is 22.4. The van der Waals surface area contributed by atoms with E-state index in [9.17, 15) is 4.79 Å². The standard InChI is InChI=1S/C23H30N2O2.ClH/c24-14-7-17-27-21-12-15-25(16-13-21)23(26)18-22(19-8-3-1-4-9-19)20-10-5-2-6-11-20;/h1-6,8-11,21-22H,7,12-18,24H2;1H. The van der Waals surface area contributed by atoms with Crippen molar-refractivity contribution in [3.63, 3.8) is 0 Å². The molecule has 0 radical (unpaired) electrons. The molecule has 5 heteroatoms. The molecule has 4 nitrogen and oxygen atoms in total. The van der Waals surface area contributed by atoms with Gasteiger partial charge in [0.2, 0.25) is 5.91 Å². The molecule has 28 heavy (non-hydrogen) atoms. The van der Waals surface area contributed by atoms with Crippen LogP contribution in [-0.2, 0) is 9.53 Å². The number of hydrogen-bond acceptors (Lipinski definition) is 3. The first-order valence-electron chi connectivity index (χ1n) is 9.97. The summed E-state index contributed by atoms with van der Waals surface area (Å²) in [6.07, 6.45) is 3.50. The van der Waals surface area contributed by atoms with Crippen molar-refractivity contribution in [2.45, 2.75) is 37.7 Å². The molecule has 3 rings (SSSR count). The number of nitrogens with two attached hydrogens (primary N) is 1. The van der Waals surface area contributed by atoms with Crippen LogP contribution in [0.15, 0.2) is 60.7 Å². The van der Waals surface area contributed by atoms with Gasteiger partial charge in [0.1, 0.15) is 0 Å². The predicted molar refractivity (Wildman–Crippen MR) is 116 cm³/mol. The molecule has 2 aromatic rings. The highest BCUT2D eigenvalue weighted by Gasteiger charge is 2.26. The van der Waals surface area contributed by atoms with Crippen LogP contribution in [0.4, 0.5) is 0 Å². The molecule has 0 aliphatic carbocycles. The summed E-state index contributed by atoms with van der Waals surface area (Å²) in [4.78, 5) is 15.0. The molecular formula is C23H31ClN2O2. The lowest BCUT2D eigenvalue weighted by Crippen LogP contribution is -2.41. The minimum absolute atomic E-state index is 0. The molecule has 1 fully saturated rings. The summed E-state index contributed by atoms with van der Waals surface area (Å²) in [6.45, 7) is 2.95. The van der Waals surface area contributed by atoms with E-state index in [1.807, 2.05) is 41.3 Å². The van der Waals surface area contributed by atoms with Gasteiger partial charge in [-0.25, -0.2) is 0 Å². The van der Waals surface area contributed by atoms with Crippen LogP contribution < -0.4 is 5.73 Å². The molecule has 0 unspecified atom stereocenters. The van der Waals surface area contributed by atoms with Crippen molar-refractivity contribution in [3.8, 4) is 0 Å². The monoisotopic (exact) mass is 402 g/mol. The lowest BCUT2D eigenvalue weighted by atomic mass is 9.88. The van der Waals surface area contributed by atoms with Gasteiger partial charge in [-0.2, -0.15) is 0 Å². The lowest BCUT2D eigenvalue weighted by molar-refractivity contribution is -0.134. The van der Waals surface area contributed by atoms with Crippen LogP contribution >= 0.6 is 12.4 Å². The Hall–Kier alpha value is -1.88. The van der Waals surface area contributed by atoms with Crippen molar-refractivity contribution in [1.82, 2.24) is 4.90 Å². The molecule has 1 heterocycles. The minimum Gasteiger partial charge on any atom is -0.378 e. The number of nitrogens with zero attached hydrogens (tertiary/aromatic N) is 1. The topological polar surface area (TPSA) is 55.6 Å². The quantitative estimate of drug-likeness (QED) is 0.679. The summed E-state index contributed by atoms with van der Waals surface area (Å²) in [5.41, 5.74) is 7.90. The van der Waals surface area contributed by atoms with Crippen molar-refractivity contribution in [2.24, 2.45) is 5.73 Å². The van der Waals surface area contributed by atoms with Gasteiger partial charge < -0.3 is 15.4 Å². The average Bonchev–Trinajstić information content (AvgIpc) is 2.74. The maximum Gasteiger partial charge on any atom is 0.223 e. The van der Waals surface area contributed by atoms with Crippen LogP contribution in [0.1, 0.15) is 42.7 Å². The molecule has 0 saturated carbocycles. The molecule has 1 aliphatic heterocycles. The van der Waals surface area contributed by atoms with Crippen LogP contribution in [0, 0.1) is 0 Å². The van der Waals surface area contributed by atoms with Crippen molar-refractivity contribution < 1.29 is 9.53 Å². The molecule has 152 valence electrons. The molecule has 2 N–H and O–H groups in total. The third-order valence-electron chi connectivity index (χ3n) is 5.28. The van der Waals surface area contributed by atoms with Gasteiger partial charge in [-0.15, -0.1) is 12.4 Å². The van der Waals surface area contributed by atoms with Gasteiger partial charge in [-0.05, 0) is 36.9 Å². The molecular weight excluding hydrogens is 372 g/mol. The third-order valence-corrected chi connectivity index (χ3v) is 5.28. The number of amides is 1. The van der Waals surface area contributed by atoms with E-state index in [0.717, 1.165) is 39.0 Å². The number of carbonyl (C=O) groups excluding carboxylic acids is 1. The highest BCUT2D eigenvalue weighted by atomic mass is 35.5. The number of likely N-dealkylation sites (tertiary alicyclic amines) is 1. The molecule has 1 aliphatic rings. The van der Waals surface area contributed by atoms with Gasteiger partial charge >= 0.3 is 0 Å². The van der Waals surface area contributed by atoms with Gasteiger partial charge in [-0.3, -0.25) is 4.79 Å². The highest BCUT2D eigenvalue weighted by molar-refractivity contribution is 5.85. The van der Waals surface area contributed by atoms with Crippen molar-refractivity contribution >= 4 is 18.3 Å². The van der Waals surface area contributed by atoms with Gasteiger partial charge in [-0.1, -0.05) is 60.7 Å². The van der Waals surface area contributed by atoms with E-state index in [0.29, 0.717) is 13.0 Å². The second kappa shape index (κ2) is 11.8. The zero-order valence-electron chi connectivity index (χ0n) is 16.3. The normalized spacial score (nSPS) is 14.7. The molecule has 1 amide bonds. The van der Waals surface area contributed by atoms with E-state index >= 15 is 0 Å². The second-order valence-electron chi connectivity index (χ2n) is 7.17. The Morgan fingerprint density at radius 3 is 2.04 bits per heavy atom. The second-order valence-corrected chi connectivity index (χ2v) is 7.17. The fraction of sp³-hybridized carbons (Fsp3) is 0.435. The molecule has 0 spiro atoms. The highest BCUT2D eigenvalue weighted by Crippen LogP contribution is 2.29. The van der Waals surface area contributed by atoms with E-state index in [2.05, 4.69) is 24.3 Å². The zero-order chi connectivity index (χ0) is 18.9. The van der Waals surface area contributed by atoms with Gasteiger partial charge in [0.15, 0.2) is 0 Å². The summed E-state index contributed by atoms with van der Waals surface area (Å²) < 4.78 is 5.85. The van der Waals surface area contributed by atoms with E-state index in [1.165, 1.54) is 11.1 Å². The van der Waals surface area contributed by atoms with E-state index in [4.69, 9.17) is 10.5 Å². The van der Waals surface area contributed by atoms with Crippen molar-refractivity contribution in [2.75, 3.05) is 26.2 Å². The van der Waals surface area contributed by atoms with Gasteiger partial charge in [0, 0.05) is 32.0 Å². The van der Waals surface area contributed by atoms with Crippen molar-refractivity contribution in [3.05, 3.63) is 71.8 Å². The number of ether oxygens (including phenoxy) is 1. The van der Waals surface area contributed by atoms with Crippen LogP contribution in [0.25, 0.3) is 0 Å². The maximum absolute atomic E-state index is 13.0. The molecule has 0 bridgehead atoms. The lowest BCUT2D eigenvalue weighted by Gasteiger charge is -2.33. The Labute approximate surface area is 174 Å². The first-order chi connectivity index (χ1) is 13.3. The Bertz CT molecular complexity index is 649. The van der Waals surface area contributed by atoms with Crippen LogP contribution in [-0.4, -0.2) is 43.2 Å². The largest absolute Gasteiger partial charge is 0.378 e. The van der Waals surface area contributed by atoms with Gasteiger partial charge in [0.05, 0.1) is 6.10 Å². The van der Waals surface area contributed by atoms with Crippen molar-refractivity contribution in [1.29, 1.82) is 0 Å². The molecule has 2 aromatic carbocycles. The van der Waals surface area contributed by atoms with E-state index in [-0.39, 0.29) is 30.3 Å². The maximum atomic E-state index is 13.0. The summed E-state index contributed by atoms with van der Waals surface area (Å²) >= 11 is 0. The molecule has 0 aromatic heterocycles. The van der Waals surface area contributed by atoms with E-state index in [1.54, 1.807) is 0 Å². The summed E-state index contributed by atoms with van der Waals surface area (Å²) in [5.74, 6) is 0.326. The summed E-state index contributed by atoms with van der Waals surface area (Å²) in [6, 6.07) is 20.7. The Kier molecular flexibility index (Phi) is 9.48. The Morgan fingerprint density at radius 1 is 1.00 bits per heavy atom.